The van der Waals surface area contributed by atoms with E-state index in [4.69, 9.17) is 17.8 Å². The fraction of sp³-hybridized carbons (Fsp3) is 0.625. The van der Waals surface area contributed by atoms with Crippen molar-refractivity contribution < 1.29 is 22.0 Å². The average molecular weight is 395 g/mol. The zero-order valence-electron chi connectivity index (χ0n) is 15.0. The van der Waals surface area contributed by atoms with E-state index in [-0.39, 0.29) is 5.75 Å². The van der Waals surface area contributed by atoms with Crippen LogP contribution < -0.4 is 0 Å². The van der Waals surface area contributed by atoms with Crippen molar-refractivity contribution in [3.63, 3.8) is 0 Å². The third-order valence-corrected chi connectivity index (χ3v) is 7.37. The van der Waals surface area contributed by atoms with Crippen LogP contribution in [0, 0.1) is 6.92 Å². The Morgan fingerprint density at radius 1 is 1.04 bits per heavy atom. The molecule has 140 valence electrons. The molecule has 0 amide bonds. The van der Waals surface area contributed by atoms with E-state index < -0.39 is 17.6 Å². The first-order valence-corrected chi connectivity index (χ1v) is 12.7. The molecule has 0 saturated heterocycles. The van der Waals surface area contributed by atoms with Crippen molar-refractivity contribution in [2.75, 3.05) is 25.6 Å². The van der Waals surface area contributed by atoms with Gasteiger partial charge in [-0.1, -0.05) is 35.9 Å². The number of hydrogen-bond acceptors (Lipinski definition) is 5. The minimum absolute atomic E-state index is 0.0737. The minimum Gasteiger partial charge on any atom is -0.374 e. The van der Waals surface area contributed by atoms with E-state index in [0.717, 1.165) is 0 Å². The zero-order chi connectivity index (χ0) is 18.5. The first kappa shape index (κ1) is 23.6. The second-order valence-corrected chi connectivity index (χ2v) is 10.9. The fourth-order valence-corrected chi connectivity index (χ4v) is 5.74. The van der Waals surface area contributed by atoms with Gasteiger partial charge in [-0.25, -0.2) is 4.21 Å². The number of benzene rings is 1. The minimum atomic E-state index is -3.10. The van der Waals surface area contributed by atoms with Gasteiger partial charge in [-0.05, 0) is 34.1 Å². The summed E-state index contributed by atoms with van der Waals surface area (Å²) in [4.78, 5) is 0. The predicted molar refractivity (Wildman–Crippen MR) is 104 cm³/mol. The SMILES string of the molecule is CCO[Si](CCCS(=O)(O)=S)(OCC)OCC.Cc1ccccc1. The van der Waals surface area contributed by atoms with E-state index >= 15 is 0 Å². The average Bonchev–Trinajstić information content (AvgIpc) is 2.48. The van der Waals surface area contributed by atoms with Crippen LogP contribution in [0.2, 0.25) is 6.04 Å². The fourth-order valence-electron chi connectivity index (χ4n) is 2.01. The van der Waals surface area contributed by atoms with Crippen molar-refractivity contribution >= 4 is 28.8 Å². The summed E-state index contributed by atoms with van der Waals surface area (Å²) in [5.41, 5.74) is 1.32. The molecule has 1 unspecified atom stereocenters. The normalized spacial score (nSPS) is 13.7. The van der Waals surface area contributed by atoms with E-state index in [9.17, 15) is 4.21 Å². The van der Waals surface area contributed by atoms with Crippen LogP contribution in [-0.4, -0.2) is 43.1 Å². The van der Waals surface area contributed by atoms with Gasteiger partial charge in [-0.15, -0.1) is 0 Å². The third kappa shape index (κ3) is 12.1. The summed E-state index contributed by atoms with van der Waals surface area (Å²) in [5.74, 6) is 0.0737. The lowest BCUT2D eigenvalue weighted by molar-refractivity contribution is 0.0712. The molecule has 1 rings (SSSR count). The molecular weight excluding hydrogens is 364 g/mol. The molecule has 0 heterocycles. The highest BCUT2D eigenvalue weighted by molar-refractivity contribution is 8.29. The van der Waals surface area contributed by atoms with Gasteiger partial charge in [0, 0.05) is 42.8 Å². The molecule has 0 saturated carbocycles. The van der Waals surface area contributed by atoms with Crippen LogP contribution >= 0.6 is 0 Å². The molecular formula is C16H30O5S2Si. The summed E-state index contributed by atoms with van der Waals surface area (Å²) in [5, 5.41) is 0. The van der Waals surface area contributed by atoms with Crippen molar-refractivity contribution in [2.24, 2.45) is 0 Å². The van der Waals surface area contributed by atoms with Crippen molar-refractivity contribution in [1.82, 2.24) is 0 Å². The monoisotopic (exact) mass is 394 g/mol. The highest BCUT2D eigenvalue weighted by Gasteiger charge is 2.39. The lowest BCUT2D eigenvalue weighted by atomic mass is 10.2. The smallest absolute Gasteiger partial charge is 0.374 e. The molecule has 0 spiro atoms. The number of aryl methyl sites for hydroxylation is 1. The predicted octanol–water partition coefficient (Wildman–Crippen LogP) is 3.64. The Morgan fingerprint density at radius 2 is 1.50 bits per heavy atom. The van der Waals surface area contributed by atoms with Gasteiger partial charge in [-0.3, -0.25) is 0 Å². The molecule has 1 atom stereocenters. The van der Waals surface area contributed by atoms with Crippen LogP contribution in [0.25, 0.3) is 0 Å². The molecule has 5 nitrogen and oxygen atoms in total. The lowest BCUT2D eigenvalue weighted by Crippen LogP contribution is -2.46. The van der Waals surface area contributed by atoms with Crippen molar-refractivity contribution in [3.05, 3.63) is 35.9 Å². The Labute approximate surface area is 152 Å². The van der Waals surface area contributed by atoms with E-state index in [1.807, 2.05) is 39.0 Å². The van der Waals surface area contributed by atoms with Crippen LogP contribution in [0.15, 0.2) is 30.3 Å². The van der Waals surface area contributed by atoms with Gasteiger partial charge >= 0.3 is 8.80 Å². The molecule has 8 heteroatoms. The van der Waals surface area contributed by atoms with Gasteiger partial charge in [0.1, 0.15) is 8.77 Å². The summed E-state index contributed by atoms with van der Waals surface area (Å²) in [6, 6.07) is 10.8. The van der Waals surface area contributed by atoms with Gasteiger partial charge in [0.15, 0.2) is 0 Å². The molecule has 0 aromatic heterocycles. The Balaban J connectivity index is 0.000000620. The molecule has 0 radical (unpaired) electrons. The van der Waals surface area contributed by atoms with E-state index in [2.05, 4.69) is 30.2 Å². The van der Waals surface area contributed by atoms with Crippen molar-refractivity contribution in [1.29, 1.82) is 0 Å². The lowest BCUT2D eigenvalue weighted by Gasteiger charge is -2.28. The topological polar surface area (TPSA) is 65.0 Å². The summed E-state index contributed by atoms with van der Waals surface area (Å²) < 4.78 is 36.9. The van der Waals surface area contributed by atoms with Gasteiger partial charge in [0.25, 0.3) is 0 Å². The molecule has 1 aromatic rings. The van der Waals surface area contributed by atoms with E-state index in [1.165, 1.54) is 5.56 Å². The van der Waals surface area contributed by atoms with Gasteiger partial charge < -0.3 is 17.8 Å². The largest absolute Gasteiger partial charge is 0.500 e. The first-order chi connectivity index (χ1) is 11.3. The summed E-state index contributed by atoms with van der Waals surface area (Å²) >= 11 is 4.44. The van der Waals surface area contributed by atoms with Crippen LogP contribution in [0.3, 0.4) is 0 Å². The number of hydrogen-bond donors (Lipinski definition) is 1. The molecule has 1 N–H and O–H groups in total. The van der Waals surface area contributed by atoms with Gasteiger partial charge in [0.2, 0.25) is 0 Å². The quantitative estimate of drug-likeness (QED) is 0.611. The van der Waals surface area contributed by atoms with E-state index in [1.54, 1.807) is 0 Å². The molecule has 24 heavy (non-hydrogen) atoms. The van der Waals surface area contributed by atoms with Gasteiger partial charge in [0.05, 0.1) is 0 Å². The molecule has 0 aliphatic carbocycles. The Morgan fingerprint density at radius 3 is 1.79 bits per heavy atom. The summed E-state index contributed by atoms with van der Waals surface area (Å²) in [7, 11) is -5.78. The van der Waals surface area contributed by atoms with Gasteiger partial charge in [-0.2, -0.15) is 0 Å². The Bertz CT molecular complexity index is 506. The van der Waals surface area contributed by atoms with Crippen molar-refractivity contribution in [2.45, 2.75) is 40.2 Å². The second-order valence-electron chi connectivity index (χ2n) is 5.03. The van der Waals surface area contributed by atoms with Crippen molar-refractivity contribution in [3.8, 4) is 0 Å². The maximum atomic E-state index is 11.0. The van der Waals surface area contributed by atoms with Crippen LogP contribution in [0.1, 0.15) is 32.8 Å². The molecule has 0 bridgehead atoms. The zero-order valence-corrected chi connectivity index (χ0v) is 17.7. The van der Waals surface area contributed by atoms with Crippen LogP contribution in [0.5, 0.6) is 0 Å². The maximum absolute atomic E-state index is 11.0. The first-order valence-electron chi connectivity index (χ1n) is 8.17. The molecule has 0 aliphatic rings. The third-order valence-electron chi connectivity index (χ3n) is 2.92. The Kier molecular flexibility index (Phi) is 12.7. The maximum Gasteiger partial charge on any atom is 0.500 e. The summed E-state index contributed by atoms with van der Waals surface area (Å²) in [6.07, 6.45) is 0.477. The molecule has 0 aliphatic heterocycles. The van der Waals surface area contributed by atoms with Crippen LogP contribution in [-0.2, 0) is 33.2 Å². The standard InChI is InChI=1S/C9H22O5S2Si.C7H8/c1-4-12-17(13-5-2,14-6-3)9-7-8-16(10,11)15;1-7-5-3-2-4-6-7/h4-9H2,1-3H3,(H,10,11,15);2-6H,1H3. The molecule has 0 fully saturated rings. The second kappa shape index (κ2) is 12.9. The highest BCUT2D eigenvalue weighted by Crippen LogP contribution is 2.18. The summed E-state index contributed by atoms with van der Waals surface area (Å²) in [6.45, 7) is 9.24. The number of rotatable bonds is 10. The Hall–Kier alpha value is -0.353. The highest BCUT2D eigenvalue weighted by atomic mass is 32.8. The van der Waals surface area contributed by atoms with E-state index in [0.29, 0.717) is 32.3 Å². The molecule has 1 aromatic carbocycles. The van der Waals surface area contributed by atoms with Crippen LogP contribution in [0.4, 0.5) is 0 Å².